The highest BCUT2D eigenvalue weighted by atomic mass is 16.5. The van der Waals surface area contributed by atoms with Crippen LogP contribution in [0.4, 0.5) is 5.69 Å². The fourth-order valence-corrected chi connectivity index (χ4v) is 5.46. The summed E-state index contributed by atoms with van der Waals surface area (Å²) in [7, 11) is 1.53. The summed E-state index contributed by atoms with van der Waals surface area (Å²) in [4.78, 5) is 40.2. The van der Waals surface area contributed by atoms with E-state index < -0.39 is 6.04 Å². The van der Waals surface area contributed by atoms with Crippen molar-refractivity contribution in [1.82, 2.24) is 4.90 Å². The van der Waals surface area contributed by atoms with E-state index in [-0.39, 0.29) is 41.4 Å². The van der Waals surface area contributed by atoms with Crippen LogP contribution in [0.1, 0.15) is 13.3 Å². The molecule has 5 aliphatic rings. The van der Waals surface area contributed by atoms with Gasteiger partial charge in [0.15, 0.2) is 0 Å². The van der Waals surface area contributed by atoms with Crippen LogP contribution in [0.15, 0.2) is 36.4 Å². The van der Waals surface area contributed by atoms with Crippen molar-refractivity contribution in [3.8, 4) is 5.75 Å². The standard InChI is InChI=1S/C21H22N2O4/c1-10(19(24)22-15-5-3-4-6-16(15)27-2)23-20(25)17-11-7-8-12(14-9-13(11)14)18(17)21(23)26/h3-8,10-14,17-18H,9H2,1-2H3,(H,22,24)/t10-,11+,12+,13+,14+,17-,18-/m0/s1. The van der Waals surface area contributed by atoms with Crippen LogP contribution in [-0.4, -0.2) is 35.8 Å². The van der Waals surface area contributed by atoms with E-state index in [2.05, 4.69) is 17.5 Å². The molecule has 27 heavy (non-hydrogen) atoms. The van der Waals surface area contributed by atoms with Crippen molar-refractivity contribution < 1.29 is 19.1 Å². The minimum absolute atomic E-state index is 0.163. The number of amides is 3. The summed E-state index contributed by atoms with van der Waals surface area (Å²) in [6.07, 6.45) is 5.39. The third-order valence-corrected chi connectivity index (χ3v) is 6.83. The topological polar surface area (TPSA) is 75.7 Å². The molecule has 3 fully saturated rings. The molecule has 3 amide bonds. The number of methoxy groups -OCH3 is 1. The number of para-hydroxylation sites is 2. The zero-order valence-corrected chi connectivity index (χ0v) is 15.3. The number of carbonyl (C=O) groups excluding carboxylic acids is 3. The number of likely N-dealkylation sites (tertiary alicyclic amines) is 1. The number of carbonyl (C=O) groups is 3. The molecule has 2 bridgehead atoms. The van der Waals surface area contributed by atoms with E-state index >= 15 is 0 Å². The van der Waals surface area contributed by atoms with E-state index in [1.165, 1.54) is 12.0 Å². The zero-order valence-electron chi connectivity index (χ0n) is 15.3. The van der Waals surface area contributed by atoms with Gasteiger partial charge in [-0.05, 0) is 49.1 Å². The lowest BCUT2D eigenvalue weighted by Crippen LogP contribution is -2.46. The average Bonchev–Trinajstić information content (AvgIpc) is 3.45. The number of benzene rings is 1. The maximum atomic E-state index is 13.1. The summed E-state index contributed by atoms with van der Waals surface area (Å²) >= 11 is 0. The molecule has 6 rings (SSSR count). The fourth-order valence-electron chi connectivity index (χ4n) is 5.46. The Bertz CT molecular complexity index is 843. The van der Waals surface area contributed by atoms with Crippen LogP contribution in [0.5, 0.6) is 5.75 Å². The van der Waals surface area contributed by atoms with Gasteiger partial charge < -0.3 is 10.1 Å². The molecule has 1 heterocycles. The summed E-state index contributed by atoms with van der Waals surface area (Å²) in [6, 6.07) is 6.23. The zero-order chi connectivity index (χ0) is 18.9. The molecule has 1 aliphatic heterocycles. The summed E-state index contributed by atoms with van der Waals surface area (Å²) in [5, 5.41) is 2.79. The maximum absolute atomic E-state index is 13.1. The Morgan fingerprint density at radius 2 is 1.70 bits per heavy atom. The molecule has 6 nitrogen and oxygen atoms in total. The van der Waals surface area contributed by atoms with E-state index in [9.17, 15) is 14.4 Å². The molecule has 7 atom stereocenters. The first-order chi connectivity index (χ1) is 13.0. The van der Waals surface area contributed by atoms with Crippen LogP contribution in [0.25, 0.3) is 0 Å². The monoisotopic (exact) mass is 366 g/mol. The Labute approximate surface area is 157 Å². The summed E-state index contributed by atoms with van der Waals surface area (Å²) in [5.41, 5.74) is 0.524. The molecular formula is C21H22N2O4. The van der Waals surface area contributed by atoms with Gasteiger partial charge in [0, 0.05) is 0 Å². The third kappa shape index (κ3) is 2.22. The molecule has 0 radical (unpaired) electrons. The highest BCUT2D eigenvalue weighted by Gasteiger charge is 2.67. The number of hydrogen-bond acceptors (Lipinski definition) is 4. The van der Waals surface area contributed by atoms with E-state index in [4.69, 9.17) is 4.74 Å². The highest BCUT2D eigenvalue weighted by molar-refractivity contribution is 6.10. The molecule has 1 aromatic carbocycles. The second kappa shape index (κ2) is 5.68. The van der Waals surface area contributed by atoms with E-state index in [0.29, 0.717) is 23.3 Å². The number of hydrogen-bond donors (Lipinski definition) is 1. The van der Waals surface area contributed by atoms with Crippen molar-refractivity contribution in [1.29, 1.82) is 0 Å². The first-order valence-corrected chi connectivity index (χ1v) is 9.52. The van der Waals surface area contributed by atoms with Crippen LogP contribution >= 0.6 is 0 Å². The molecule has 2 saturated carbocycles. The second-order valence-corrected chi connectivity index (χ2v) is 8.07. The number of allylic oxidation sites excluding steroid dienone is 2. The van der Waals surface area contributed by atoms with Gasteiger partial charge in [-0.2, -0.15) is 0 Å². The number of anilines is 1. The third-order valence-electron chi connectivity index (χ3n) is 6.83. The molecule has 0 unspecified atom stereocenters. The van der Waals surface area contributed by atoms with E-state index in [1.807, 2.05) is 6.07 Å². The van der Waals surface area contributed by atoms with Crippen LogP contribution in [0.3, 0.4) is 0 Å². The molecule has 6 heteroatoms. The molecular weight excluding hydrogens is 344 g/mol. The summed E-state index contributed by atoms with van der Waals surface area (Å²) in [5.74, 6) is 0.655. The predicted octanol–water partition coefficient (Wildman–Crippen LogP) is 2.08. The number of imide groups is 1. The smallest absolute Gasteiger partial charge is 0.247 e. The van der Waals surface area contributed by atoms with Crippen LogP contribution in [-0.2, 0) is 14.4 Å². The van der Waals surface area contributed by atoms with Crippen LogP contribution in [0, 0.1) is 35.5 Å². The summed E-state index contributed by atoms with van der Waals surface area (Å²) in [6.45, 7) is 1.62. The molecule has 0 spiro atoms. The molecule has 1 N–H and O–H groups in total. The van der Waals surface area contributed by atoms with Gasteiger partial charge >= 0.3 is 0 Å². The number of ether oxygens (including phenoxy) is 1. The molecule has 1 saturated heterocycles. The van der Waals surface area contributed by atoms with Crippen molar-refractivity contribution in [3.63, 3.8) is 0 Å². The van der Waals surface area contributed by atoms with Gasteiger partial charge in [-0.15, -0.1) is 0 Å². The highest BCUT2D eigenvalue weighted by Crippen LogP contribution is 2.65. The number of nitrogens with one attached hydrogen (secondary N) is 1. The Morgan fingerprint density at radius 1 is 1.11 bits per heavy atom. The Hall–Kier alpha value is -2.63. The molecule has 4 aliphatic carbocycles. The quantitative estimate of drug-likeness (QED) is 0.654. The van der Waals surface area contributed by atoms with Gasteiger partial charge in [-0.25, -0.2) is 0 Å². The first kappa shape index (κ1) is 16.5. The maximum Gasteiger partial charge on any atom is 0.247 e. The number of nitrogens with zero attached hydrogens (tertiary/aromatic N) is 1. The number of rotatable bonds is 4. The van der Waals surface area contributed by atoms with Crippen molar-refractivity contribution in [2.75, 3.05) is 12.4 Å². The van der Waals surface area contributed by atoms with Crippen molar-refractivity contribution >= 4 is 23.4 Å². The molecule has 0 aromatic heterocycles. The van der Waals surface area contributed by atoms with Gasteiger partial charge in [0.1, 0.15) is 11.8 Å². The largest absolute Gasteiger partial charge is 0.495 e. The van der Waals surface area contributed by atoms with Crippen LogP contribution < -0.4 is 10.1 Å². The van der Waals surface area contributed by atoms with E-state index in [0.717, 1.165) is 6.42 Å². The molecule has 140 valence electrons. The van der Waals surface area contributed by atoms with Gasteiger partial charge in [-0.1, -0.05) is 24.3 Å². The van der Waals surface area contributed by atoms with Crippen molar-refractivity contribution in [2.45, 2.75) is 19.4 Å². The predicted molar refractivity (Wildman–Crippen MR) is 97.6 cm³/mol. The van der Waals surface area contributed by atoms with Crippen molar-refractivity contribution in [3.05, 3.63) is 36.4 Å². The molecule has 1 aromatic rings. The SMILES string of the molecule is COc1ccccc1NC(=O)[C@H](C)N1C(=O)[C@H]2[C@@H]3C=C[C@H]([C@H]4C[C@H]34)[C@@H]2C1=O. The Balaban J connectivity index is 1.38. The van der Waals surface area contributed by atoms with E-state index in [1.54, 1.807) is 25.1 Å². The Kier molecular flexibility index (Phi) is 3.48. The van der Waals surface area contributed by atoms with Crippen molar-refractivity contribution in [2.24, 2.45) is 35.5 Å². The minimum Gasteiger partial charge on any atom is -0.495 e. The lowest BCUT2D eigenvalue weighted by Gasteiger charge is -2.37. The summed E-state index contributed by atoms with van der Waals surface area (Å²) < 4.78 is 5.25. The first-order valence-electron chi connectivity index (χ1n) is 9.52. The lowest BCUT2D eigenvalue weighted by atomic mass is 9.63. The van der Waals surface area contributed by atoms with Crippen LogP contribution in [0.2, 0.25) is 0 Å². The normalized spacial score (nSPS) is 36.3. The second-order valence-electron chi connectivity index (χ2n) is 8.07. The Morgan fingerprint density at radius 3 is 2.30 bits per heavy atom. The lowest BCUT2D eigenvalue weighted by molar-refractivity contribution is -0.146. The van der Waals surface area contributed by atoms with Gasteiger partial charge in [-0.3, -0.25) is 19.3 Å². The minimum atomic E-state index is -0.851. The van der Waals surface area contributed by atoms with Gasteiger partial charge in [0.25, 0.3) is 0 Å². The van der Waals surface area contributed by atoms with Gasteiger partial charge in [0.2, 0.25) is 17.7 Å². The fraction of sp³-hybridized carbons (Fsp3) is 0.476. The average molecular weight is 366 g/mol. The van der Waals surface area contributed by atoms with Gasteiger partial charge in [0.05, 0.1) is 24.6 Å².